The van der Waals surface area contributed by atoms with E-state index in [9.17, 15) is 0 Å². The van der Waals surface area contributed by atoms with Gasteiger partial charge < -0.3 is 9.13 Å². The van der Waals surface area contributed by atoms with Gasteiger partial charge in [-0.25, -0.2) is 0 Å². The third-order valence-electron chi connectivity index (χ3n) is 7.94. The molecule has 0 bridgehead atoms. The van der Waals surface area contributed by atoms with E-state index in [1.54, 1.807) is 0 Å². The van der Waals surface area contributed by atoms with Gasteiger partial charge in [0.1, 0.15) is 0 Å². The van der Waals surface area contributed by atoms with E-state index in [-0.39, 0.29) is 0 Å². The maximum Gasteiger partial charge on any atom is 0.394 e. The summed E-state index contributed by atoms with van der Waals surface area (Å²) in [5.74, 6) is 0. The van der Waals surface area contributed by atoms with Crippen LogP contribution in [0.2, 0.25) is 0 Å². The van der Waals surface area contributed by atoms with E-state index < -0.39 is 20.8 Å². The molecule has 12 nitrogen and oxygen atoms in total. The standard InChI is InChI=1S/C36H62N4.2H2O4S/c1-3-5-7-9-15-19-27-37-35-23-31-39(32-24-35)29-21-17-13-11-12-14-18-22-30-40-33-25-36(26-34-40)38-28-20-16-10-8-6-4-2;2*1-5(2,3)4/h23-26,31-34H,3-22,27-30H2,1-2H3;2*(H2,1,2,3,4). The summed E-state index contributed by atoms with van der Waals surface area (Å²) in [5, 5.41) is 2.27. The molecule has 0 aliphatic carbocycles. The van der Waals surface area contributed by atoms with E-state index in [1.807, 2.05) is 0 Å². The highest BCUT2D eigenvalue weighted by atomic mass is 32.3. The third-order valence-corrected chi connectivity index (χ3v) is 7.94. The zero-order valence-electron chi connectivity index (χ0n) is 30.6. The highest BCUT2D eigenvalue weighted by molar-refractivity contribution is 7.80. The van der Waals surface area contributed by atoms with Gasteiger partial charge >= 0.3 is 20.8 Å². The van der Waals surface area contributed by atoms with Crippen LogP contribution in [0.1, 0.15) is 142 Å². The lowest BCUT2D eigenvalue weighted by Gasteiger charge is -2.07. The Morgan fingerprint density at radius 1 is 0.440 bits per heavy atom. The van der Waals surface area contributed by atoms with Crippen molar-refractivity contribution < 1.29 is 35.0 Å². The zero-order valence-corrected chi connectivity index (χ0v) is 32.2. The van der Waals surface area contributed by atoms with E-state index >= 15 is 0 Å². The molecule has 0 radical (unpaired) electrons. The predicted octanol–water partition coefficient (Wildman–Crippen LogP) is 8.33. The van der Waals surface area contributed by atoms with Crippen LogP contribution in [0, 0.1) is 0 Å². The second-order valence-electron chi connectivity index (χ2n) is 12.6. The van der Waals surface area contributed by atoms with Crippen LogP contribution < -0.4 is 10.7 Å². The number of unbranched alkanes of at least 4 members (excludes halogenated alkanes) is 17. The smallest absolute Gasteiger partial charge is 0.354 e. The molecular weight excluding hydrogens is 681 g/mol. The van der Waals surface area contributed by atoms with Crippen LogP contribution in [0.5, 0.6) is 0 Å². The van der Waals surface area contributed by atoms with Crippen molar-refractivity contribution in [1.82, 2.24) is 9.13 Å². The SMILES string of the molecule is CCCCCCCCN=c1ccn(CCCCCCCCCCn2ccc(=NCCCCCCCC)cc2)cc1.O=S(=O)(O)O.O=S(=O)(O)O. The molecule has 2 heterocycles. The van der Waals surface area contributed by atoms with Crippen molar-refractivity contribution in [2.75, 3.05) is 13.1 Å². The fourth-order valence-electron chi connectivity index (χ4n) is 5.26. The molecule has 0 amide bonds. The number of hydrogen-bond acceptors (Lipinski definition) is 6. The molecule has 0 saturated heterocycles. The molecule has 14 heteroatoms. The van der Waals surface area contributed by atoms with Gasteiger partial charge in [0.2, 0.25) is 0 Å². The lowest BCUT2D eigenvalue weighted by atomic mass is 10.1. The van der Waals surface area contributed by atoms with E-state index in [0.29, 0.717) is 0 Å². The van der Waals surface area contributed by atoms with Crippen LogP contribution in [-0.4, -0.2) is 57.3 Å². The van der Waals surface area contributed by atoms with Gasteiger partial charge in [-0.2, -0.15) is 16.8 Å². The van der Waals surface area contributed by atoms with E-state index in [4.69, 9.17) is 45.0 Å². The summed E-state index contributed by atoms with van der Waals surface area (Å²) in [5.41, 5.74) is 0. The topological polar surface area (TPSA) is 184 Å². The Kier molecular flexibility index (Phi) is 29.9. The van der Waals surface area contributed by atoms with Crippen molar-refractivity contribution in [3.63, 3.8) is 0 Å². The monoisotopic (exact) mass is 746 g/mol. The van der Waals surface area contributed by atoms with Crippen LogP contribution in [0.4, 0.5) is 0 Å². The van der Waals surface area contributed by atoms with Crippen LogP contribution in [-0.2, 0) is 33.9 Å². The minimum Gasteiger partial charge on any atom is -0.354 e. The minimum atomic E-state index is -4.67. The Morgan fingerprint density at radius 3 is 0.960 bits per heavy atom. The molecule has 290 valence electrons. The molecule has 0 spiro atoms. The fourth-order valence-corrected chi connectivity index (χ4v) is 5.26. The van der Waals surface area contributed by atoms with Gasteiger partial charge in [0.05, 0.1) is 10.7 Å². The quantitative estimate of drug-likeness (QED) is 0.0577. The highest BCUT2D eigenvalue weighted by Gasteiger charge is 1.96. The Labute approximate surface area is 302 Å². The maximum atomic E-state index is 8.74. The molecule has 2 aromatic rings. The molecule has 0 aliphatic heterocycles. The van der Waals surface area contributed by atoms with Crippen molar-refractivity contribution in [2.45, 2.75) is 155 Å². The number of rotatable bonds is 25. The van der Waals surface area contributed by atoms with Crippen LogP contribution in [0.3, 0.4) is 0 Å². The van der Waals surface area contributed by atoms with Gasteiger partial charge in [0, 0.05) is 51.0 Å². The Balaban J connectivity index is 0.00000210. The maximum absolute atomic E-state index is 8.74. The lowest BCUT2D eigenvalue weighted by Crippen LogP contribution is -2.06. The van der Waals surface area contributed by atoms with Crippen molar-refractivity contribution in [2.24, 2.45) is 9.98 Å². The number of aryl methyl sites for hydroxylation is 2. The zero-order chi connectivity index (χ0) is 37.4. The summed E-state index contributed by atoms with van der Waals surface area (Å²) in [6, 6.07) is 8.71. The summed E-state index contributed by atoms with van der Waals surface area (Å²) in [7, 11) is -9.33. The van der Waals surface area contributed by atoms with Crippen molar-refractivity contribution in [3.05, 3.63) is 59.8 Å². The molecule has 0 aromatic carbocycles. The van der Waals surface area contributed by atoms with E-state index in [0.717, 1.165) is 36.9 Å². The van der Waals surface area contributed by atoms with Crippen molar-refractivity contribution >= 4 is 20.8 Å². The molecule has 2 aromatic heterocycles. The summed E-state index contributed by atoms with van der Waals surface area (Å²) in [4.78, 5) is 9.48. The summed E-state index contributed by atoms with van der Waals surface area (Å²) < 4.78 is 67.8. The summed E-state index contributed by atoms with van der Waals surface area (Å²) in [6.07, 6.45) is 35.5. The largest absolute Gasteiger partial charge is 0.394 e. The first-order chi connectivity index (χ1) is 23.8. The first-order valence-corrected chi connectivity index (χ1v) is 21.3. The average molecular weight is 747 g/mol. The second kappa shape index (κ2) is 31.4. The molecule has 0 fully saturated rings. The van der Waals surface area contributed by atoms with Crippen molar-refractivity contribution in [1.29, 1.82) is 0 Å². The third kappa shape index (κ3) is 38.4. The van der Waals surface area contributed by atoms with Gasteiger partial charge in [0.25, 0.3) is 0 Å². The van der Waals surface area contributed by atoms with Gasteiger partial charge in [-0.1, -0.05) is 117 Å². The van der Waals surface area contributed by atoms with Crippen LogP contribution >= 0.6 is 0 Å². The van der Waals surface area contributed by atoms with Gasteiger partial charge in [-0.3, -0.25) is 28.2 Å². The Hall–Kier alpha value is -2.36. The highest BCUT2D eigenvalue weighted by Crippen LogP contribution is 2.10. The number of aromatic nitrogens is 2. The molecule has 2 rings (SSSR count). The minimum absolute atomic E-state index is 0.970. The van der Waals surface area contributed by atoms with Gasteiger partial charge in [-0.05, 0) is 49.9 Å². The predicted molar refractivity (Wildman–Crippen MR) is 202 cm³/mol. The van der Waals surface area contributed by atoms with Crippen LogP contribution in [0.25, 0.3) is 0 Å². The number of nitrogens with zero attached hydrogens (tertiary/aromatic N) is 4. The first kappa shape index (κ1) is 47.6. The van der Waals surface area contributed by atoms with E-state index in [1.165, 1.54) is 128 Å². The average Bonchev–Trinajstić information content (AvgIpc) is 3.04. The summed E-state index contributed by atoms with van der Waals surface area (Å²) in [6.45, 7) is 8.74. The normalized spacial score (nSPS) is 11.2. The van der Waals surface area contributed by atoms with Crippen molar-refractivity contribution in [3.8, 4) is 0 Å². The fraction of sp³-hybridized carbons (Fsp3) is 0.722. The first-order valence-electron chi connectivity index (χ1n) is 18.5. The molecule has 4 N–H and O–H groups in total. The van der Waals surface area contributed by atoms with Gasteiger partial charge in [-0.15, -0.1) is 0 Å². The molecule has 0 aliphatic rings. The second-order valence-corrected chi connectivity index (χ2v) is 14.4. The van der Waals surface area contributed by atoms with Crippen LogP contribution in [0.15, 0.2) is 59.0 Å². The molecule has 0 atom stereocenters. The van der Waals surface area contributed by atoms with Gasteiger partial charge in [0.15, 0.2) is 0 Å². The molecule has 0 unspecified atom stereocenters. The Morgan fingerprint density at radius 2 is 0.680 bits per heavy atom. The molecular formula is C36H66N4O8S2. The Bertz CT molecular complexity index is 1280. The molecule has 50 heavy (non-hydrogen) atoms. The van der Waals surface area contributed by atoms with E-state index in [2.05, 4.69) is 72.0 Å². The molecule has 0 saturated carbocycles. The number of hydrogen-bond donors (Lipinski definition) is 4. The summed E-state index contributed by atoms with van der Waals surface area (Å²) >= 11 is 0. The lowest BCUT2D eigenvalue weighted by molar-refractivity contribution is 0.378. The number of pyridine rings is 2.